The van der Waals surface area contributed by atoms with Gasteiger partial charge in [0, 0.05) is 42.4 Å². The number of hydrogen-bond donors (Lipinski definition) is 2. The van der Waals surface area contributed by atoms with Crippen molar-refractivity contribution in [2.75, 3.05) is 36.8 Å². The van der Waals surface area contributed by atoms with E-state index in [4.69, 9.17) is 5.73 Å². The Morgan fingerprint density at radius 2 is 1.96 bits per heavy atom. The molecule has 0 unspecified atom stereocenters. The Hall–Kier alpha value is -2.33. The first-order valence-corrected chi connectivity index (χ1v) is 9.33. The Kier molecular flexibility index (Phi) is 6.09. The van der Waals surface area contributed by atoms with Crippen molar-refractivity contribution in [3.63, 3.8) is 0 Å². The molecule has 1 fully saturated rings. The van der Waals surface area contributed by atoms with Crippen LogP contribution in [0.1, 0.15) is 11.1 Å². The van der Waals surface area contributed by atoms with Gasteiger partial charge in [0.15, 0.2) is 0 Å². The normalized spacial score (nSPS) is 15.5. The lowest BCUT2D eigenvalue weighted by molar-refractivity contribution is -0.137. The van der Waals surface area contributed by atoms with Crippen LogP contribution in [0.5, 0.6) is 0 Å². The summed E-state index contributed by atoms with van der Waals surface area (Å²) in [7, 11) is 0. The number of nitrogens with zero attached hydrogens (tertiary/aromatic N) is 4. The molecule has 2 heterocycles. The van der Waals surface area contributed by atoms with Crippen LogP contribution in [0.25, 0.3) is 0 Å². The predicted molar refractivity (Wildman–Crippen MR) is 106 cm³/mol. The minimum atomic E-state index is -4.47. The SMILES string of the molecule is Nc1c(Br)cc(C(F)(F)F)cc1N=CN1CCN(c2ncccc2CO)CC1. The van der Waals surface area contributed by atoms with Crippen LogP contribution in [-0.2, 0) is 12.8 Å². The number of alkyl halides is 3. The minimum Gasteiger partial charge on any atom is -0.396 e. The average molecular weight is 458 g/mol. The Morgan fingerprint density at radius 3 is 2.61 bits per heavy atom. The Morgan fingerprint density at radius 1 is 1.25 bits per heavy atom. The lowest BCUT2D eigenvalue weighted by Crippen LogP contribution is -2.46. The predicted octanol–water partition coefficient (Wildman–Crippen LogP) is 3.42. The van der Waals surface area contributed by atoms with Gasteiger partial charge in [0.25, 0.3) is 0 Å². The third-order valence-corrected chi connectivity index (χ3v) is 5.10. The molecular formula is C18H19BrF3N5O. The van der Waals surface area contributed by atoms with Crippen LogP contribution < -0.4 is 10.6 Å². The zero-order valence-corrected chi connectivity index (χ0v) is 16.4. The Bertz CT molecular complexity index is 867. The summed E-state index contributed by atoms with van der Waals surface area (Å²) in [5, 5.41) is 9.45. The lowest BCUT2D eigenvalue weighted by atomic mass is 10.1. The number of nitrogen functional groups attached to an aromatic ring is 1. The fourth-order valence-corrected chi connectivity index (χ4v) is 3.36. The van der Waals surface area contributed by atoms with E-state index in [0.29, 0.717) is 26.2 Å². The molecule has 1 saturated heterocycles. The van der Waals surface area contributed by atoms with Crippen molar-refractivity contribution in [1.82, 2.24) is 9.88 Å². The number of rotatable bonds is 4. The molecule has 10 heteroatoms. The van der Waals surface area contributed by atoms with E-state index in [-0.39, 0.29) is 22.5 Å². The summed E-state index contributed by atoms with van der Waals surface area (Å²) in [6.45, 7) is 2.44. The number of halogens is 4. The molecule has 1 aromatic heterocycles. The van der Waals surface area contributed by atoms with Crippen LogP contribution >= 0.6 is 15.9 Å². The summed E-state index contributed by atoms with van der Waals surface area (Å²) in [4.78, 5) is 12.5. The van der Waals surface area contributed by atoms with Crippen LogP contribution in [0.2, 0.25) is 0 Å². The van der Waals surface area contributed by atoms with Crippen LogP contribution in [0, 0.1) is 0 Å². The zero-order valence-electron chi connectivity index (χ0n) is 14.8. The van der Waals surface area contributed by atoms with Crippen molar-refractivity contribution in [1.29, 1.82) is 0 Å². The van der Waals surface area contributed by atoms with Crippen LogP contribution in [-0.4, -0.2) is 47.5 Å². The molecule has 0 spiro atoms. The Labute approximate surface area is 168 Å². The van der Waals surface area contributed by atoms with Gasteiger partial charge in [-0.15, -0.1) is 0 Å². The summed E-state index contributed by atoms with van der Waals surface area (Å²) < 4.78 is 39.1. The lowest BCUT2D eigenvalue weighted by Gasteiger charge is -2.35. The molecule has 1 aliphatic heterocycles. The molecule has 1 aromatic carbocycles. The van der Waals surface area contributed by atoms with Gasteiger partial charge in [0.2, 0.25) is 0 Å². The number of aliphatic imine (C=N–C) groups is 1. The number of anilines is 2. The number of nitrogens with two attached hydrogens (primary N) is 1. The largest absolute Gasteiger partial charge is 0.416 e. The second-order valence-corrected chi connectivity index (χ2v) is 7.15. The van der Waals surface area contributed by atoms with Crippen LogP contribution in [0.4, 0.5) is 30.4 Å². The number of aliphatic hydroxyl groups is 1. The molecule has 150 valence electrons. The van der Waals surface area contributed by atoms with Crippen molar-refractivity contribution < 1.29 is 18.3 Å². The van der Waals surface area contributed by atoms with Crippen molar-refractivity contribution in [3.8, 4) is 0 Å². The molecule has 28 heavy (non-hydrogen) atoms. The minimum absolute atomic E-state index is 0.0661. The molecule has 3 N–H and O–H groups in total. The van der Waals surface area contributed by atoms with Crippen molar-refractivity contribution in [3.05, 3.63) is 46.1 Å². The third-order valence-electron chi connectivity index (χ3n) is 4.45. The quantitative estimate of drug-likeness (QED) is 0.417. The van der Waals surface area contributed by atoms with Crippen molar-refractivity contribution in [2.24, 2.45) is 4.99 Å². The monoisotopic (exact) mass is 457 g/mol. The van der Waals surface area contributed by atoms with Gasteiger partial charge in [-0.3, -0.25) is 0 Å². The van der Waals surface area contributed by atoms with E-state index >= 15 is 0 Å². The van der Waals surface area contributed by atoms with Gasteiger partial charge in [-0.05, 0) is 34.1 Å². The van der Waals surface area contributed by atoms with Gasteiger partial charge in [-0.1, -0.05) is 6.07 Å². The highest BCUT2D eigenvalue weighted by molar-refractivity contribution is 9.10. The van der Waals surface area contributed by atoms with Gasteiger partial charge in [-0.25, -0.2) is 9.98 Å². The highest BCUT2D eigenvalue weighted by Crippen LogP contribution is 2.38. The van der Waals surface area contributed by atoms with Gasteiger partial charge < -0.3 is 20.6 Å². The van der Waals surface area contributed by atoms with E-state index in [1.165, 1.54) is 6.34 Å². The van der Waals surface area contributed by atoms with E-state index in [1.807, 2.05) is 11.0 Å². The fraction of sp³-hybridized carbons (Fsp3) is 0.333. The summed E-state index contributed by atoms with van der Waals surface area (Å²) in [5.41, 5.74) is 6.02. The van der Waals surface area contributed by atoms with Crippen molar-refractivity contribution >= 4 is 39.5 Å². The number of aromatic nitrogens is 1. The van der Waals surface area contributed by atoms with Crippen molar-refractivity contribution in [2.45, 2.75) is 12.8 Å². The molecule has 0 amide bonds. The average Bonchev–Trinajstić information content (AvgIpc) is 2.68. The number of hydrogen-bond acceptors (Lipinski definition) is 5. The molecule has 0 saturated carbocycles. The van der Waals surface area contributed by atoms with Gasteiger partial charge >= 0.3 is 6.18 Å². The molecular weight excluding hydrogens is 439 g/mol. The number of piperazine rings is 1. The number of benzene rings is 1. The second kappa shape index (κ2) is 8.36. The van der Waals surface area contributed by atoms with E-state index in [0.717, 1.165) is 23.5 Å². The molecule has 0 atom stereocenters. The topological polar surface area (TPSA) is 78.0 Å². The molecule has 0 radical (unpaired) electrons. The standard InChI is InChI=1S/C18H19BrF3N5O/c19-14-8-13(18(20,21)22)9-15(16(14)23)25-11-26-4-6-27(7-5-26)17-12(10-28)2-1-3-24-17/h1-3,8-9,11,28H,4-7,10,23H2. The summed E-state index contributed by atoms with van der Waals surface area (Å²) in [6, 6.07) is 5.48. The first-order chi connectivity index (χ1) is 13.3. The molecule has 0 bridgehead atoms. The molecule has 6 nitrogen and oxygen atoms in total. The number of pyridine rings is 1. The number of aliphatic hydroxyl groups excluding tert-OH is 1. The molecule has 0 aliphatic carbocycles. The maximum Gasteiger partial charge on any atom is 0.416 e. The summed E-state index contributed by atoms with van der Waals surface area (Å²) in [5.74, 6) is 0.743. The van der Waals surface area contributed by atoms with E-state index in [1.54, 1.807) is 12.3 Å². The van der Waals surface area contributed by atoms with Crippen LogP contribution in [0.15, 0.2) is 39.9 Å². The van der Waals surface area contributed by atoms with E-state index in [2.05, 4.69) is 30.8 Å². The molecule has 1 aliphatic rings. The summed E-state index contributed by atoms with van der Waals surface area (Å²) in [6.07, 6.45) is -1.28. The maximum atomic E-state index is 13.0. The molecule has 2 aromatic rings. The Balaban J connectivity index is 1.70. The van der Waals surface area contributed by atoms with E-state index < -0.39 is 11.7 Å². The first-order valence-electron chi connectivity index (χ1n) is 8.53. The highest BCUT2D eigenvalue weighted by Gasteiger charge is 2.31. The van der Waals surface area contributed by atoms with Gasteiger partial charge in [0.1, 0.15) is 5.82 Å². The van der Waals surface area contributed by atoms with Gasteiger partial charge in [-0.2, -0.15) is 13.2 Å². The summed E-state index contributed by atoms with van der Waals surface area (Å²) >= 11 is 3.06. The zero-order chi connectivity index (χ0) is 20.3. The maximum absolute atomic E-state index is 13.0. The fourth-order valence-electron chi connectivity index (χ4n) is 2.91. The van der Waals surface area contributed by atoms with E-state index in [9.17, 15) is 18.3 Å². The highest BCUT2D eigenvalue weighted by atomic mass is 79.9. The third kappa shape index (κ3) is 4.56. The smallest absolute Gasteiger partial charge is 0.396 e. The molecule has 3 rings (SSSR count). The van der Waals surface area contributed by atoms with Crippen LogP contribution in [0.3, 0.4) is 0 Å². The first kappa shape index (κ1) is 20.4. The van der Waals surface area contributed by atoms with Gasteiger partial charge in [0.05, 0.1) is 29.9 Å². The second-order valence-electron chi connectivity index (χ2n) is 6.30.